The van der Waals surface area contributed by atoms with Crippen LogP contribution in [0, 0.1) is 17.8 Å². The van der Waals surface area contributed by atoms with E-state index in [1.807, 2.05) is 0 Å². The molecule has 17 heavy (non-hydrogen) atoms. The fraction of sp³-hybridized carbons (Fsp3) is 0.750. The smallest absolute Gasteiger partial charge is 0.118 e. The predicted molar refractivity (Wildman–Crippen MR) is 71.4 cm³/mol. The van der Waals surface area contributed by atoms with Gasteiger partial charge in [-0.2, -0.15) is 0 Å². The second-order valence-corrected chi connectivity index (χ2v) is 5.94. The van der Waals surface area contributed by atoms with Gasteiger partial charge in [0.05, 0.1) is 0 Å². The minimum absolute atomic E-state index is 0.300. The molecule has 1 heteroatoms. The van der Waals surface area contributed by atoms with Crippen molar-refractivity contribution in [2.45, 2.75) is 57.8 Å². The van der Waals surface area contributed by atoms with Gasteiger partial charge in [-0.05, 0) is 49.0 Å². The molecule has 0 aromatic rings. The van der Waals surface area contributed by atoms with E-state index in [1.54, 1.807) is 0 Å². The Morgan fingerprint density at radius 1 is 0.765 bits per heavy atom. The first kappa shape index (κ1) is 12.9. The number of allylic oxidation sites excluding steroid dienone is 2. The summed E-state index contributed by atoms with van der Waals surface area (Å²) >= 11 is 0. The van der Waals surface area contributed by atoms with Crippen LogP contribution in [0.4, 0.5) is 4.39 Å². The molecule has 0 heterocycles. The molecule has 0 N–H and O–H groups in total. The second kappa shape index (κ2) is 5.84. The van der Waals surface area contributed by atoms with E-state index in [0.717, 1.165) is 24.7 Å². The third kappa shape index (κ3) is 3.20. The Labute approximate surface area is 105 Å². The maximum absolute atomic E-state index is 13.0. The van der Waals surface area contributed by atoms with E-state index in [0.29, 0.717) is 11.5 Å². The Hall–Kier alpha value is -0.590. The molecule has 0 unspecified atom stereocenters. The first-order chi connectivity index (χ1) is 8.18. The third-order valence-electron chi connectivity index (χ3n) is 4.93. The van der Waals surface area contributed by atoms with Crippen LogP contribution in [0.1, 0.15) is 57.8 Å². The predicted octanol–water partition coefficient (Wildman–Crippen LogP) is 5.41. The Kier molecular flexibility index (Phi) is 4.42. The quantitative estimate of drug-likeness (QED) is 0.574. The fourth-order valence-electron chi connectivity index (χ4n) is 3.77. The van der Waals surface area contributed by atoms with E-state index in [2.05, 4.69) is 13.2 Å². The van der Waals surface area contributed by atoms with Crippen molar-refractivity contribution in [1.29, 1.82) is 0 Å². The molecule has 2 fully saturated rings. The van der Waals surface area contributed by atoms with Crippen LogP contribution in [-0.2, 0) is 0 Å². The molecule has 2 saturated carbocycles. The summed E-state index contributed by atoms with van der Waals surface area (Å²) in [7, 11) is 0. The lowest BCUT2D eigenvalue weighted by Crippen LogP contribution is -2.24. The molecule has 0 aliphatic heterocycles. The highest BCUT2D eigenvalue weighted by atomic mass is 19.1. The van der Waals surface area contributed by atoms with Crippen LogP contribution in [0.5, 0.6) is 0 Å². The molecule has 2 aliphatic carbocycles. The van der Waals surface area contributed by atoms with Gasteiger partial charge in [-0.15, -0.1) is 0 Å². The van der Waals surface area contributed by atoms with Gasteiger partial charge >= 0.3 is 0 Å². The van der Waals surface area contributed by atoms with Gasteiger partial charge in [0.1, 0.15) is 5.83 Å². The highest BCUT2D eigenvalue weighted by molar-refractivity contribution is 5.22. The molecule has 0 amide bonds. The molecular formula is C16H25F. The zero-order valence-electron chi connectivity index (χ0n) is 10.9. The van der Waals surface area contributed by atoms with Crippen LogP contribution in [0.15, 0.2) is 24.6 Å². The highest BCUT2D eigenvalue weighted by Crippen LogP contribution is 2.42. The summed E-state index contributed by atoms with van der Waals surface area (Å²) in [6.07, 6.45) is 12.0. The van der Waals surface area contributed by atoms with Gasteiger partial charge in [0.15, 0.2) is 0 Å². The van der Waals surface area contributed by atoms with E-state index in [4.69, 9.17) is 0 Å². The van der Waals surface area contributed by atoms with Crippen LogP contribution >= 0.6 is 0 Å². The second-order valence-electron chi connectivity index (χ2n) is 5.94. The van der Waals surface area contributed by atoms with Gasteiger partial charge in [0.2, 0.25) is 0 Å². The van der Waals surface area contributed by atoms with Gasteiger partial charge < -0.3 is 0 Å². The summed E-state index contributed by atoms with van der Waals surface area (Å²) in [6.45, 7) is 7.21. The molecule has 0 aromatic carbocycles. The van der Waals surface area contributed by atoms with Gasteiger partial charge in [-0.1, -0.05) is 45.3 Å². The molecular weight excluding hydrogens is 211 g/mol. The normalized spacial score (nSPS) is 31.1. The molecule has 0 nitrogen and oxygen atoms in total. The van der Waals surface area contributed by atoms with Crippen LogP contribution in [0.25, 0.3) is 0 Å². The Morgan fingerprint density at radius 2 is 1.29 bits per heavy atom. The van der Waals surface area contributed by atoms with Crippen molar-refractivity contribution in [3.05, 3.63) is 24.6 Å². The standard InChI is InChI=1S/C16H25F/c1-12(13(2)17)14-8-10-16(11-9-14)15-6-4-3-5-7-15/h14-16H,1-11H2. The summed E-state index contributed by atoms with van der Waals surface area (Å²) in [5.41, 5.74) is 0.659. The molecule has 0 spiro atoms. The highest BCUT2D eigenvalue weighted by Gasteiger charge is 2.29. The van der Waals surface area contributed by atoms with Crippen molar-refractivity contribution in [3.8, 4) is 0 Å². The van der Waals surface area contributed by atoms with Gasteiger partial charge in [0.25, 0.3) is 0 Å². The minimum atomic E-state index is -0.300. The first-order valence-electron chi connectivity index (χ1n) is 7.22. The average molecular weight is 236 g/mol. The topological polar surface area (TPSA) is 0 Å². The maximum Gasteiger partial charge on any atom is 0.118 e. The Bertz CT molecular complexity index is 278. The van der Waals surface area contributed by atoms with Crippen molar-refractivity contribution < 1.29 is 4.39 Å². The molecule has 96 valence electrons. The summed E-state index contributed by atoms with van der Waals surface area (Å²) in [5.74, 6) is 1.94. The van der Waals surface area contributed by atoms with E-state index in [9.17, 15) is 4.39 Å². The van der Waals surface area contributed by atoms with Crippen molar-refractivity contribution >= 4 is 0 Å². The number of hydrogen-bond acceptors (Lipinski definition) is 0. The monoisotopic (exact) mass is 236 g/mol. The SMILES string of the molecule is C=C(F)C(=C)C1CCC(C2CCCCC2)CC1. The zero-order chi connectivity index (χ0) is 12.3. The lowest BCUT2D eigenvalue weighted by Gasteiger charge is -2.36. The third-order valence-corrected chi connectivity index (χ3v) is 4.93. The van der Waals surface area contributed by atoms with Crippen LogP contribution in [0.2, 0.25) is 0 Å². The maximum atomic E-state index is 13.0. The zero-order valence-corrected chi connectivity index (χ0v) is 10.9. The van der Waals surface area contributed by atoms with Crippen LogP contribution < -0.4 is 0 Å². The summed E-state index contributed by atoms with van der Waals surface area (Å²) < 4.78 is 13.0. The van der Waals surface area contributed by atoms with Crippen molar-refractivity contribution in [2.24, 2.45) is 17.8 Å². The van der Waals surface area contributed by atoms with Gasteiger partial charge in [-0.3, -0.25) is 0 Å². The molecule has 0 aromatic heterocycles. The summed E-state index contributed by atoms with van der Waals surface area (Å²) in [4.78, 5) is 0. The summed E-state index contributed by atoms with van der Waals surface area (Å²) in [5, 5.41) is 0. The molecule has 0 saturated heterocycles. The molecule has 0 bridgehead atoms. The van der Waals surface area contributed by atoms with E-state index < -0.39 is 0 Å². The summed E-state index contributed by atoms with van der Waals surface area (Å²) in [6, 6.07) is 0. The van der Waals surface area contributed by atoms with Crippen LogP contribution in [-0.4, -0.2) is 0 Å². The van der Waals surface area contributed by atoms with Crippen molar-refractivity contribution in [1.82, 2.24) is 0 Å². The molecule has 2 aliphatic rings. The van der Waals surface area contributed by atoms with Gasteiger partial charge in [0, 0.05) is 0 Å². The minimum Gasteiger partial charge on any atom is -0.207 e. The fourth-order valence-corrected chi connectivity index (χ4v) is 3.77. The lowest BCUT2D eigenvalue weighted by atomic mass is 9.70. The van der Waals surface area contributed by atoms with E-state index in [-0.39, 0.29) is 5.83 Å². The van der Waals surface area contributed by atoms with Gasteiger partial charge in [-0.25, -0.2) is 4.39 Å². The number of hydrogen-bond donors (Lipinski definition) is 0. The van der Waals surface area contributed by atoms with Crippen LogP contribution in [0.3, 0.4) is 0 Å². The van der Waals surface area contributed by atoms with E-state index in [1.165, 1.54) is 44.9 Å². The average Bonchev–Trinajstić information content (AvgIpc) is 2.39. The lowest BCUT2D eigenvalue weighted by molar-refractivity contribution is 0.177. The Balaban J connectivity index is 1.81. The number of rotatable bonds is 3. The number of halogens is 1. The Morgan fingerprint density at radius 3 is 1.82 bits per heavy atom. The molecule has 2 rings (SSSR count). The largest absolute Gasteiger partial charge is 0.207 e. The van der Waals surface area contributed by atoms with E-state index >= 15 is 0 Å². The molecule has 0 radical (unpaired) electrons. The molecule has 0 atom stereocenters. The van der Waals surface area contributed by atoms with Crippen molar-refractivity contribution in [2.75, 3.05) is 0 Å². The van der Waals surface area contributed by atoms with Crippen molar-refractivity contribution in [3.63, 3.8) is 0 Å². The first-order valence-corrected chi connectivity index (χ1v) is 7.22.